The molecule has 0 saturated carbocycles. The van der Waals surface area contributed by atoms with Gasteiger partial charge in [0, 0.05) is 6.20 Å². The van der Waals surface area contributed by atoms with Crippen molar-refractivity contribution in [3.05, 3.63) is 41.7 Å². The summed E-state index contributed by atoms with van der Waals surface area (Å²) in [5, 5.41) is 4.03. The van der Waals surface area contributed by atoms with E-state index in [9.17, 15) is 4.79 Å². The van der Waals surface area contributed by atoms with Gasteiger partial charge >= 0.3 is 0 Å². The number of nitrogens with zero attached hydrogens (tertiary/aromatic N) is 2. The molecule has 0 bridgehead atoms. The first-order valence-corrected chi connectivity index (χ1v) is 4.79. The highest BCUT2D eigenvalue weighted by molar-refractivity contribution is 5.92. The van der Waals surface area contributed by atoms with Crippen molar-refractivity contribution in [1.29, 1.82) is 0 Å². The van der Waals surface area contributed by atoms with Crippen molar-refractivity contribution in [3.8, 4) is 5.69 Å². The highest BCUT2D eigenvalue weighted by atomic mass is 16.1. The van der Waals surface area contributed by atoms with Crippen LogP contribution in [0.4, 0.5) is 5.69 Å². The normalized spacial score (nSPS) is 10.3. The number of aryl methyl sites for hydroxylation is 1. The maximum Gasteiger partial charge on any atom is 0.251 e. The summed E-state index contributed by atoms with van der Waals surface area (Å²) in [6.45, 7) is 1.96. The number of nitrogens with two attached hydrogens (primary N) is 2. The number of aromatic nitrogens is 2. The monoisotopic (exact) mass is 216 g/mol. The van der Waals surface area contributed by atoms with Crippen LogP contribution in [0.1, 0.15) is 15.9 Å². The van der Waals surface area contributed by atoms with E-state index in [1.54, 1.807) is 6.20 Å². The molecule has 0 aliphatic rings. The molecule has 0 unspecified atom stereocenters. The van der Waals surface area contributed by atoms with Gasteiger partial charge in [0.05, 0.1) is 23.1 Å². The van der Waals surface area contributed by atoms with Crippen LogP contribution in [0.5, 0.6) is 0 Å². The smallest absolute Gasteiger partial charge is 0.251 e. The second-order valence-electron chi connectivity index (χ2n) is 3.60. The molecule has 1 aromatic carbocycles. The summed E-state index contributed by atoms with van der Waals surface area (Å²) in [4.78, 5) is 10.9. The number of benzene rings is 1. The average molecular weight is 216 g/mol. The quantitative estimate of drug-likeness (QED) is 0.730. The van der Waals surface area contributed by atoms with E-state index in [4.69, 9.17) is 11.5 Å². The zero-order valence-electron chi connectivity index (χ0n) is 8.84. The lowest BCUT2D eigenvalue weighted by atomic mass is 10.2. The van der Waals surface area contributed by atoms with Crippen LogP contribution < -0.4 is 11.5 Å². The predicted octanol–water partition coefficient (Wildman–Crippen LogP) is 0.862. The summed E-state index contributed by atoms with van der Waals surface area (Å²) in [5.41, 5.74) is 13.8. The SMILES string of the molecule is Cc1ccc(-n2cc(C(N)=O)cn2)c(N)c1. The Morgan fingerprint density at radius 2 is 2.19 bits per heavy atom. The van der Waals surface area contributed by atoms with E-state index in [-0.39, 0.29) is 0 Å². The van der Waals surface area contributed by atoms with E-state index in [1.165, 1.54) is 10.9 Å². The van der Waals surface area contributed by atoms with Gasteiger partial charge in [-0.05, 0) is 24.6 Å². The van der Waals surface area contributed by atoms with Crippen LogP contribution in [-0.2, 0) is 0 Å². The van der Waals surface area contributed by atoms with E-state index in [2.05, 4.69) is 5.10 Å². The molecule has 5 nitrogen and oxygen atoms in total. The van der Waals surface area contributed by atoms with Crippen LogP contribution in [0.3, 0.4) is 0 Å². The van der Waals surface area contributed by atoms with Gasteiger partial charge in [-0.15, -0.1) is 0 Å². The lowest BCUT2D eigenvalue weighted by molar-refractivity contribution is 0.100. The van der Waals surface area contributed by atoms with Crippen molar-refractivity contribution < 1.29 is 4.79 Å². The topological polar surface area (TPSA) is 86.9 Å². The van der Waals surface area contributed by atoms with Gasteiger partial charge in [0.25, 0.3) is 5.91 Å². The van der Waals surface area contributed by atoms with E-state index < -0.39 is 5.91 Å². The van der Waals surface area contributed by atoms with Crippen molar-refractivity contribution in [3.63, 3.8) is 0 Å². The van der Waals surface area contributed by atoms with Crippen LogP contribution in [0.15, 0.2) is 30.6 Å². The molecule has 1 heterocycles. The van der Waals surface area contributed by atoms with Gasteiger partial charge < -0.3 is 11.5 Å². The summed E-state index contributed by atoms with van der Waals surface area (Å²) in [6.07, 6.45) is 2.98. The number of primary amides is 1. The predicted molar refractivity (Wildman–Crippen MR) is 61.2 cm³/mol. The van der Waals surface area contributed by atoms with Crippen molar-refractivity contribution >= 4 is 11.6 Å². The zero-order valence-corrected chi connectivity index (χ0v) is 8.84. The zero-order chi connectivity index (χ0) is 11.7. The highest BCUT2D eigenvalue weighted by Gasteiger charge is 2.07. The van der Waals surface area contributed by atoms with Crippen LogP contribution in [-0.4, -0.2) is 15.7 Å². The van der Waals surface area contributed by atoms with Gasteiger partial charge in [-0.2, -0.15) is 5.10 Å². The van der Waals surface area contributed by atoms with Crippen LogP contribution in [0.25, 0.3) is 5.69 Å². The van der Waals surface area contributed by atoms with Gasteiger partial charge in [0.1, 0.15) is 0 Å². The molecule has 1 aromatic heterocycles. The van der Waals surface area contributed by atoms with E-state index in [1.807, 2.05) is 25.1 Å². The fraction of sp³-hybridized carbons (Fsp3) is 0.0909. The number of amides is 1. The summed E-state index contributed by atoms with van der Waals surface area (Å²) in [6, 6.07) is 5.63. The lowest BCUT2D eigenvalue weighted by Gasteiger charge is -2.05. The molecule has 0 aliphatic heterocycles. The van der Waals surface area contributed by atoms with Gasteiger partial charge in [0.2, 0.25) is 0 Å². The molecule has 0 saturated heterocycles. The van der Waals surface area contributed by atoms with Crippen molar-refractivity contribution in [1.82, 2.24) is 9.78 Å². The molecular formula is C11H12N4O. The molecule has 0 spiro atoms. The molecule has 16 heavy (non-hydrogen) atoms. The van der Waals surface area contributed by atoms with Crippen LogP contribution in [0.2, 0.25) is 0 Å². The number of carbonyl (C=O) groups is 1. The summed E-state index contributed by atoms with van der Waals surface area (Å²) >= 11 is 0. The Bertz CT molecular complexity index is 545. The lowest BCUT2D eigenvalue weighted by Crippen LogP contribution is -2.09. The molecule has 0 aliphatic carbocycles. The first kappa shape index (κ1) is 10.2. The molecule has 0 fully saturated rings. The van der Waals surface area contributed by atoms with Crippen molar-refractivity contribution in [2.45, 2.75) is 6.92 Å². The fourth-order valence-electron chi connectivity index (χ4n) is 1.46. The molecule has 1 amide bonds. The average Bonchev–Trinajstić information content (AvgIpc) is 2.66. The number of nitrogen functional groups attached to an aromatic ring is 1. The maximum atomic E-state index is 10.9. The standard InChI is InChI=1S/C11H12N4O/c1-7-2-3-10(9(12)4-7)15-6-8(5-14-15)11(13)16/h2-6H,12H2,1H3,(H2,13,16). The molecule has 82 valence electrons. The van der Waals surface area contributed by atoms with Crippen molar-refractivity contribution in [2.24, 2.45) is 5.73 Å². The summed E-state index contributed by atoms with van der Waals surface area (Å²) < 4.78 is 1.54. The highest BCUT2D eigenvalue weighted by Crippen LogP contribution is 2.18. The molecule has 5 heteroatoms. The second-order valence-corrected chi connectivity index (χ2v) is 3.60. The molecule has 2 rings (SSSR count). The largest absolute Gasteiger partial charge is 0.397 e. The third kappa shape index (κ3) is 1.75. The number of hydrogen-bond acceptors (Lipinski definition) is 3. The number of anilines is 1. The molecule has 2 aromatic rings. The fourth-order valence-corrected chi connectivity index (χ4v) is 1.46. The Balaban J connectivity index is 2.46. The molecule has 0 radical (unpaired) electrons. The van der Waals surface area contributed by atoms with Crippen molar-refractivity contribution in [2.75, 3.05) is 5.73 Å². The van der Waals surface area contributed by atoms with Crippen LogP contribution >= 0.6 is 0 Å². The van der Waals surface area contributed by atoms with E-state index in [0.29, 0.717) is 11.3 Å². The van der Waals surface area contributed by atoms with Gasteiger partial charge in [-0.3, -0.25) is 4.79 Å². The van der Waals surface area contributed by atoms with Crippen LogP contribution in [0, 0.1) is 6.92 Å². The molecular weight excluding hydrogens is 204 g/mol. The minimum absolute atomic E-state index is 0.361. The van der Waals surface area contributed by atoms with Gasteiger partial charge in [0.15, 0.2) is 0 Å². The third-order valence-corrected chi connectivity index (χ3v) is 2.30. The molecule has 4 N–H and O–H groups in total. The van der Waals surface area contributed by atoms with Gasteiger partial charge in [-0.1, -0.05) is 6.07 Å². The third-order valence-electron chi connectivity index (χ3n) is 2.30. The number of carbonyl (C=O) groups excluding carboxylic acids is 1. The maximum absolute atomic E-state index is 10.9. The minimum Gasteiger partial charge on any atom is -0.397 e. The Morgan fingerprint density at radius 3 is 2.75 bits per heavy atom. The Labute approximate surface area is 92.7 Å². The molecule has 0 atom stereocenters. The second kappa shape index (κ2) is 3.69. The van der Waals surface area contributed by atoms with Gasteiger partial charge in [-0.25, -0.2) is 4.68 Å². The van der Waals surface area contributed by atoms with E-state index >= 15 is 0 Å². The Kier molecular flexibility index (Phi) is 2.36. The summed E-state index contributed by atoms with van der Waals surface area (Å²) in [5.74, 6) is -0.503. The van der Waals surface area contributed by atoms with E-state index in [0.717, 1.165) is 11.3 Å². The number of hydrogen-bond donors (Lipinski definition) is 2. The Hall–Kier alpha value is -2.30. The first-order chi connectivity index (χ1) is 7.58. The first-order valence-electron chi connectivity index (χ1n) is 4.79. The minimum atomic E-state index is -0.503. The summed E-state index contributed by atoms with van der Waals surface area (Å²) in [7, 11) is 0. The number of rotatable bonds is 2. The Morgan fingerprint density at radius 1 is 1.44 bits per heavy atom.